The Balaban J connectivity index is 1.74. The molecule has 2 fully saturated rings. The largest absolute Gasteiger partial charge is 0.392 e. The number of hydrogen-bond donors (Lipinski definition) is 1. The molecule has 0 bridgehead atoms. The zero-order valence-electron chi connectivity index (χ0n) is 7.78. The van der Waals surface area contributed by atoms with Crippen LogP contribution in [0, 0.1) is 0 Å². The SMILES string of the molecule is O=C(CN1CC[C@H](O)C1)N1CCC1. The first-order chi connectivity index (χ1) is 6.25. The number of carbonyl (C=O) groups is 1. The van der Waals surface area contributed by atoms with Crippen molar-refractivity contribution < 1.29 is 9.90 Å². The fraction of sp³-hybridized carbons (Fsp3) is 0.889. The van der Waals surface area contributed by atoms with Crippen LogP contribution in [0.1, 0.15) is 12.8 Å². The molecule has 1 N–H and O–H groups in total. The van der Waals surface area contributed by atoms with Gasteiger partial charge in [-0.25, -0.2) is 0 Å². The predicted octanol–water partition coefficient (Wildman–Crippen LogP) is -0.715. The number of nitrogens with zero attached hydrogens (tertiary/aromatic N) is 2. The molecule has 13 heavy (non-hydrogen) atoms. The van der Waals surface area contributed by atoms with E-state index in [1.807, 2.05) is 9.80 Å². The molecule has 0 unspecified atom stereocenters. The average Bonchev–Trinajstić information content (AvgIpc) is 2.31. The Kier molecular flexibility index (Phi) is 2.51. The van der Waals surface area contributed by atoms with E-state index < -0.39 is 0 Å². The fourth-order valence-corrected chi connectivity index (χ4v) is 1.81. The van der Waals surface area contributed by atoms with Crippen molar-refractivity contribution in [2.75, 3.05) is 32.7 Å². The van der Waals surface area contributed by atoms with E-state index in [-0.39, 0.29) is 12.0 Å². The second-order valence-corrected chi connectivity index (χ2v) is 3.91. The maximum Gasteiger partial charge on any atom is 0.236 e. The van der Waals surface area contributed by atoms with Crippen molar-refractivity contribution in [2.24, 2.45) is 0 Å². The van der Waals surface area contributed by atoms with Gasteiger partial charge in [-0.15, -0.1) is 0 Å². The Morgan fingerprint density at radius 1 is 1.38 bits per heavy atom. The third kappa shape index (κ3) is 2.00. The predicted molar refractivity (Wildman–Crippen MR) is 48.3 cm³/mol. The van der Waals surface area contributed by atoms with E-state index in [4.69, 9.17) is 0 Å². The normalized spacial score (nSPS) is 29.0. The summed E-state index contributed by atoms with van der Waals surface area (Å²) >= 11 is 0. The van der Waals surface area contributed by atoms with Crippen molar-refractivity contribution in [1.82, 2.24) is 9.80 Å². The zero-order chi connectivity index (χ0) is 9.26. The highest BCUT2D eigenvalue weighted by atomic mass is 16.3. The van der Waals surface area contributed by atoms with Gasteiger partial charge in [-0.3, -0.25) is 9.69 Å². The van der Waals surface area contributed by atoms with Gasteiger partial charge in [0.1, 0.15) is 0 Å². The maximum atomic E-state index is 11.5. The molecule has 1 atom stereocenters. The molecule has 1 amide bonds. The minimum atomic E-state index is -0.218. The first kappa shape index (κ1) is 8.97. The summed E-state index contributed by atoms with van der Waals surface area (Å²) in [5, 5.41) is 9.26. The van der Waals surface area contributed by atoms with Crippen LogP contribution in [0.2, 0.25) is 0 Å². The Labute approximate surface area is 78.1 Å². The van der Waals surface area contributed by atoms with Crippen LogP contribution in [0.15, 0.2) is 0 Å². The lowest BCUT2D eigenvalue weighted by Gasteiger charge is -2.32. The molecule has 2 rings (SSSR count). The van der Waals surface area contributed by atoms with Gasteiger partial charge in [0, 0.05) is 26.2 Å². The highest BCUT2D eigenvalue weighted by Crippen LogP contribution is 2.11. The van der Waals surface area contributed by atoms with Crippen molar-refractivity contribution in [3.05, 3.63) is 0 Å². The van der Waals surface area contributed by atoms with E-state index in [0.717, 1.165) is 32.5 Å². The number of carbonyl (C=O) groups excluding carboxylic acids is 1. The Morgan fingerprint density at radius 3 is 2.62 bits per heavy atom. The third-order valence-corrected chi connectivity index (χ3v) is 2.82. The lowest BCUT2D eigenvalue weighted by Crippen LogP contribution is -2.46. The van der Waals surface area contributed by atoms with Crippen molar-refractivity contribution in [2.45, 2.75) is 18.9 Å². The Morgan fingerprint density at radius 2 is 2.15 bits per heavy atom. The van der Waals surface area contributed by atoms with E-state index >= 15 is 0 Å². The van der Waals surface area contributed by atoms with Gasteiger partial charge in [0.15, 0.2) is 0 Å². The molecule has 2 aliphatic heterocycles. The van der Waals surface area contributed by atoms with Crippen LogP contribution in [-0.2, 0) is 4.79 Å². The minimum Gasteiger partial charge on any atom is -0.392 e. The monoisotopic (exact) mass is 184 g/mol. The fourth-order valence-electron chi connectivity index (χ4n) is 1.81. The summed E-state index contributed by atoms with van der Waals surface area (Å²) in [4.78, 5) is 15.4. The lowest BCUT2D eigenvalue weighted by molar-refractivity contribution is -0.135. The van der Waals surface area contributed by atoms with Gasteiger partial charge in [-0.2, -0.15) is 0 Å². The van der Waals surface area contributed by atoms with E-state index in [1.165, 1.54) is 0 Å². The molecule has 4 heteroatoms. The van der Waals surface area contributed by atoms with Gasteiger partial charge in [-0.05, 0) is 12.8 Å². The number of β-amino-alcohol motifs (C(OH)–C–C–N with tert-alkyl or cyclic N) is 1. The van der Waals surface area contributed by atoms with Gasteiger partial charge in [0.05, 0.1) is 12.6 Å². The quantitative estimate of drug-likeness (QED) is 0.616. The van der Waals surface area contributed by atoms with Crippen LogP contribution in [0.25, 0.3) is 0 Å². The number of hydrogen-bond acceptors (Lipinski definition) is 3. The molecule has 4 nitrogen and oxygen atoms in total. The molecule has 2 saturated heterocycles. The lowest BCUT2D eigenvalue weighted by atomic mass is 10.2. The standard InChI is InChI=1S/C9H16N2O2/c12-8-2-5-10(6-8)7-9(13)11-3-1-4-11/h8,12H,1-7H2/t8-/m0/s1. The van der Waals surface area contributed by atoms with Crippen molar-refractivity contribution in [1.29, 1.82) is 0 Å². The number of amides is 1. The number of aliphatic hydroxyl groups excluding tert-OH is 1. The molecule has 0 spiro atoms. The topological polar surface area (TPSA) is 43.8 Å². The van der Waals surface area contributed by atoms with E-state index in [1.54, 1.807) is 0 Å². The molecule has 0 saturated carbocycles. The van der Waals surface area contributed by atoms with Crippen LogP contribution in [0.4, 0.5) is 0 Å². The van der Waals surface area contributed by atoms with Gasteiger partial charge < -0.3 is 10.0 Å². The maximum absolute atomic E-state index is 11.5. The van der Waals surface area contributed by atoms with Crippen LogP contribution in [0.3, 0.4) is 0 Å². The van der Waals surface area contributed by atoms with Gasteiger partial charge in [0.25, 0.3) is 0 Å². The average molecular weight is 184 g/mol. The van der Waals surface area contributed by atoms with Gasteiger partial charge >= 0.3 is 0 Å². The molecule has 2 heterocycles. The second-order valence-electron chi connectivity index (χ2n) is 3.91. The van der Waals surface area contributed by atoms with Crippen LogP contribution in [-0.4, -0.2) is 59.6 Å². The van der Waals surface area contributed by atoms with Crippen LogP contribution >= 0.6 is 0 Å². The van der Waals surface area contributed by atoms with E-state index in [0.29, 0.717) is 13.1 Å². The molecular weight excluding hydrogens is 168 g/mol. The molecule has 0 aromatic rings. The Bertz CT molecular complexity index is 204. The minimum absolute atomic E-state index is 0.218. The summed E-state index contributed by atoms with van der Waals surface area (Å²) in [5.41, 5.74) is 0. The molecule has 0 radical (unpaired) electrons. The molecule has 0 aromatic heterocycles. The molecule has 0 aliphatic carbocycles. The molecule has 74 valence electrons. The molecule has 0 aromatic carbocycles. The summed E-state index contributed by atoms with van der Waals surface area (Å²) in [5.74, 6) is 0.223. The molecule has 2 aliphatic rings. The van der Waals surface area contributed by atoms with Crippen molar-refractivity contribution in [3.8, 4) is 0 Å². The van der Waals surface area contributed by atoms with Crippen molar-refractivity contribution >= 4 is 5.91 Å². The Hall–Kier alpha value is -0.610. The number of aliphatic hydroxyl groups is 1. The zero-order valence-corrected chi connectivity index (χ0v) is 7.78. The van der Waals surface area contributed by atoms with Gasteiger partial charge in [0.2, 0.25) is 5.91 Å². The highest BCUT2D eigenvalue weighted by molar-refractivity contribution is 5.78. The van der Waals surface area contributed by atoms with E-state index in [9.17, 15) is 9.90 Å². The van der Waals surface area contributed by atoms with Crippen LogP contribution in [0.5, 0.6) is 0 Å². The number of rotatable bonds is 2. The smallest absolute Gasteiger partial charge is 0.236 e. The third-order valence-electron chi connectivity index (χ3n) is 2.82. The summed E-state index contributed by atoms with van der Waals surface area (Å²) in [7, 11) is 0. The summed E-state index contributed by atoms with van der Waals surface area (Å²) in [6.07, 6.45) is 1.74. The molecular formula is C9H16N2O2. The number of likely N-dealkylation sites (tertiary alicyclic amines) is 2. The van der Waals surface area contributed by atoms with Crippen LogP contribution < -0.4 is 0 Å². The summed E-state index contributed by atoms with van der Waals surface area (Å²) < 4.78 is 0. The summed E-state index contributed by atoms with van der Waals surface area (Å²) in [6, 6.07) is 0. The van der Waals surface area contributed by atoms with Gasteiger partial charge in [-0.1, -0.05) is 0 Å². The highest BCUT2D eigenvalue weighted by Gasteiger charge is 2.26. The first-order valence-electron chi connectivity index (χ1n) is 4.94. The van der Waals surface area contributed by atoms with E-state index in [2.05, 4.69) is 0 Å². The summed E-state index contributed by atoms with van der Waals surface area (Å²) in [6.45, 7) is 3.88. The first-order valence-corrected chi connectivity index (χ1v) is 4.94. The van der Waals surface area contributed by atoms with Crippen molar-refractivity contribution in [3.63, 3.8) is 0 Å². The second kappa shape index (κ2) is 3.64.